The number of hydrogen-bond acceptors (Lipinski definition) is 2. The molecule has 1 heterocycles. The summed E-state index contributed by atoms with van der Waals surface area (Å²) in [7, 11) is 0. The van der Waals surface area contributed by atoms with Crippen molar-refractivity contribution in [1.82, 2.24) is 5.32 Å². The summed E-state index contributed by atoms with van der Waals surface area (Å²) < 4.78 is 19.7. The van der Waals surface area contributed by atoms with Gasteiger partial charge in [-0.3, -0.25) is 0 Å². The van der Waals surface area contributed by atoms with E-state index in [2.05, 4.69) is 19.2 Å². The number of ether oxygens (including phenoxy) is 1. The molecule has 2 nitrogen and oxygen atoms in total. The Hall–Kier alpha value is -0.350. The molecule has 1 aromatic rings. The normalized spacial score (nSPS) is 27.5. The van der Waals surface area contributed by atoms with Gasteiger partial charge in [0, 0.05) is 23.7 Å². The van der Waals surface area contributed by atoms with Gasteiger partial charge in [-0.25, -0.2) is 4.39 Å². The average molecular weight is 306 g/mol. The van der Waals surface area contributed by atoms with Crippen LogP contribution < -0.4 is 5.32 Å². The summed E-state index contributed by atoms with van der Waals surface area (Å²) in [6.07, 6.45) is 1.74. The third kappa shape index (κ3) is 3.40. The smallest absolute Gasteiger partial charge is 0.142 e. The maximum atomic E-state index is 13.6. The van der Waals surface area contributed by atoms with Crippen LogP contribution >= 0.6 is 23.2 Å². The van der Waals surface area contributed by atoms with E-state index in [0.29, 0.717) is 17.1 Å². The van der Waals surface area contributed by atoms with Crippen molar-refractivity contribution in [3.8, 4) is 0 Å². The highest BCUT2D eigenvalue weighted by molar-refractivity contribution is 6.35. The fourth-order valence-electron chi connectivity index (χ4n) is 2.53. The van der Waals surface area contributed by atoms with E-state index in [1.807, 2.05) is 0 Å². The van der Waals surface area contributed by atoms with Gasteiger partial charge in [0.2, 0.25) is 0 Å². The van der Waals surface area contributed by atoms with Crippen LogP contribution in [0.15, 0.2) is 12.1 Å². The predicted molar refractivity (Wildman–Crippen MR) is 76.4 cm³/mol. The zero-order valence-electron chi connectivity index (χ0n) is 11.1. The Balaban J connectivity index is 2.24. The Bertz CT molecular complexity index is 465. The molecule has 0 amide bonds. The fraction of sp³-hybridized carbons (Fsp3) is 0.571. The first-order valence-corrected chi connectivity index (χ1v) is 7.24. The molecular formula is C14H18Cl2FNO. The van der Waals surface area contributed by atoms with Crippen molar-refractivity contribution >= 4 is 23.2 Å². The highest BCUT2D eigenvalue weighted by Crippen LogP contribution is 2.35. The molecule has 2 unspecified atom stereocenters. The van der Waals surface area contributed by atoms with Crippen LogP contribution in [0.2, 0.25) is 10.0 Å². The van der Waals surface area contributed by atoms with Gasteiger partial charge in [-0.15, -0.1) is 0 Å². The summed E-state index contributed by atoms with van der Waals surface area (Å²) in [5.74, 6) is -0.465. The first-order valence-electron chi connectivity index (χ1n) is 6.48. The number of rotatable bonds is 3. The molecule has 1 N–H and O–H groups in total. The predicted octanol–water partition coefficient (Wildman–Crippen LogP) is 4.35. The number of nitrogens with one attached hydrogen (secondary N) is 1. The summed E-state index contributed by atoms with van der Waals surface area (Å²) in [5, 5.41) is 3.81. The second-order valence-electron chi connectivity index (χ2n) is 5.23. The van der Waals surface area contributed by atoms with Crippen LogP contribution in [0.3, 0.4) is 0 Å². The molecule has 0 bridgehead atoms. The maximum Gasteiger partial charge on any atom is 0.142 e. The topological polar surface area (TPSA) is 21.3 Å². The van der Waals surface area contributed by atoms with E-state index in [0.717, 1.165) is 19.4 Å². The van der Waals surface area contributed by atoms with Crippen molar-refractivity contribution in [2.45, 2.75) is 38.4 Å². The van der Waals surface area contributed by atoms with Crippen molar-refractivity contribution < 1.29 is 9.13 Å². The van der Waals surface area contributed by atoms with Gasteiger partial charge in [0.15, 0.2) is 0 Å². The largest absolute Gasteiger partial charge is 0.365 e. The summed E-state index contributed by atoms with van der Waals surface area (Å²) in [4.78, 5) is 0. The zero-order chi connectivity index (χ0) is 14.0. The zero-order valence-corrected chi connectivity index (χ0v) is 12.6. The Morgan fingerprint density at radius 2 is 2.16 bits per heavy atom. The van der Waals surface area contributed by atoms with Gasteiger partial charge in [-0.05, 0) is 25.5 Å². The minimum Gasteiger partial charge on any atom is -0.365 e. The van der Waals surface area contributed by atoms with Gasteiger partial charge < -0.3 is 10.1 Å². The van der Waals surface area contributed by atoms with Gasteiger partial charge in [-0.2, -0.15) is 0 Å². The summed E-state index contributed by atoms with van der Waals surface area (Å²) in [5.41, 5.74) is 0.412. The second kappa shape index (κ2) is 5.96. The van der Waals surface area contributed by atoms with Crippen molar-refractivity contribution in [3.63, 3.8) is 0 Å². The van der Waals surface area contributed by atoms with E-state index >= 15 is 0 Å². The van der Waals surface area contributed by atoms with Crippen LogP contribution in [-0.4, -0.2) is 18.7 Å². The standard InChI is InChI=1S/C14H18Cl2FNO/c1-3-4-14(2)8-18-7-13(19-14)9-5-12(17)11(16)6-10(9)15/h5-6,13,18H,3-4,7-8H2,1-2H3. The first-order chi connectivity index (χ1) is 8.95. The first kappa shape index (κ1) is 15.0. The lowest BCUT2D eigenvalue weighted by atomic mass is 9.96. The van der Waals surface area contributed by atoms with Crippen molar-refractivity contribution in [2.24, 2.45) is 0 Å². The van der Waals surface area contributed by atoms with Gasteiger partial charge in [0.1, 0.15) is 5.82 Å². The Morgan fingerprint density at radius 3 is 2.84 bits per heavy atom. The molecule has 1 aromatic carbocycles. The van der Waals surface area contributed by atoms with Crippen molar-refractivity contribution in [1.29, 1.82) is 0 Å². The fourth-order valence-corrected chi connectivity index (χ4v) is 3.03. The molecule has 0 radical (unpaired) electrons. The summed E-state index contributed by atoms with van der Waals surface area (Å²) in [6, 6.07) is 2.80. The molecular weight excluding hydrogens is 288 g/mol. The summed E-state index contributed by atoms with van der Waals surface area (Å²) in [6.45, 7) is 5.61. The number of benzene rings is 1. The molecule has 1 aliphatic heterocycles. The van der Waals surface area contributed by atoms with Crippen LogP contribution in [0, 0.1) is 5.82 Å². The van der Waals surface area contributed by atoms with Gasteiger partial charge in [0.05, 0.1) is 16.7 Å². The minimum atomic E-state index is -0.465. The van der Waals surface area contributed by atoms with E-state index < -0.39 is 5.82 Å². The minimum absolute atomic E-state index is 0.0360. The van der Waals surface area contributed by atoms with E-state index in [1.165, 1.54) is 12.1 Å². The lowest BCUT2D eigenvalue weighted by molar-refractivity contribution is -0.112. The Morgan fingerprint density at radius 1 is 1.42 bits per heavy atom. The lowest BCUT2D eigenvalue weighted by Crippen LogP contribution is -2.48. The lowest BCUT2D eigenvalue weighted by Gasteiger charge is -2.39. The average Bonchev–Trinajstić information content (AvgIpc) is 2.33. The molecule has 0 aliphatic carbocycles. The number of halogens is 3. The monoisotopic (exact) mass is 305 g/mol. The molecule has 0 saturated carbocycles. The van der Waals surface area contributed by atoms with Gasteiger partial charge in [0.25, 0.3) is 0 Å². The van der Waals surface area contributed by atoms with E-state index in [9.17, 15) is 4.39 Å². The van der Waals surface area contributed by atoms with E-state index in [4.69, 9.17) is 27.9 Å². The highest BCUT2D eigenvalue weighted by atomic mass is 35.5. The second-order valence-corrected chi connectivity index (χ2v) is 6.04. The molecule has 19 heavy (non-hydrogen) atoms. The molecule has 0 spiro atoms. The van der Waals surface area contributed by atoms with Crippen LogP contribution in [0.1, 0.15) is 38.4 Å². The molecule has 1 aliphatic rings. The quantitative estimate of drug-likeness (QED) is 0.838. The molecule has 5 heteroatoms. The molecule has 106 valence electrons. The summed E-state index contributed by atoms with van der Waals surface area (Å²) >= 11 is 11.9. The third-order valence-electron chi connectivity index (χ3n) is 3.42. The number of hydrogen-bond donors (Lipinski definition) is 1. The van der Waals surface area contributed by atoms with Crippen LogP contribution in [-0.2, 0) is 4.74 Å². The molecule has 2 atom stereocenters. The van der Waals surface area contributed by atoms with Crippen molar-refractivity contribution in [2.75, 3.05) is 13.1 Å². The van der Waals surface area contributed by atoms with E-state index in [-0.39, 0.29) is 16.7 Å². The number of morpholine rings is 1. The van der Waals surface area contributed by atoms with Gasteiger partial charge >= 0.3 is 0 Å². The van der Waals surface area contributed by atoms with Crippen LogP contribution in [0.5, 0.6) is 0 Å². The molecule has 0 aromatic heterocycles. The van der Waals surface area contributed by atoms with Crippen LogP contribution in [0.25, 0.3) is 0 Å². The molecule has 2 rings (SSSR count). The molecule has 1 fully saturated rings. The highest BCUT2D eigenvalue weighted by Gasteiger charge is 2.33. The van der Waals surface area contributed by atoms with Crippen LogP contribution in [0.4, 0.5) is 4.39 Å². The Labute approximate surface area is 123 Å². The van der Waals surface area contributed by atoms with E-state index in [1.54, 1.807) is 0 Å². The maximum absolute atomic E-state index is 13.6. The SMILES string of the molecule is CCCC1(C)CNCC(c2cc(F)c(Cl)cc2Cl)O1. The van der Waals surface area contributed by atoms with Gasteiger partial charge in [-0.1, -0.05) is 36.5 Å². The third-order valence-corrected chi connectivity index (χ3v) is 4.04. The molecule has 1 saturated heterocycles. The Kier molecular flexibility index (Phi) is 4.72. The van der Waals surface area contributed by atoms with Crippen molar-refractivity contribution in [3.05, 3.63) is 33.6 Å².